The van der Waals surface area contributed by atoms with E-state index in [0.29, 0.717) is 13.2 Å². The van der Waals surface area contributed by atoms with Gasteiger partial charge >= 0.3 is 0 Å². The first-order valence-electron chi connectivity index (χ1n) is 3.77. The zero-order valence-electron chi connectivity index (χ0n) is 7.39. The summed E-state index contributed by atoms with van der Waals surface area (Å²) in [5, 5.41) is 2.75. The second kappa shape index (κ2) is 7.54. The third-order valence-electron chi connectivity index (χ3n) is 1.15. The molecule has 0 unspecified atom stereocenters. The smallest absolute Gasteiger partial charge is 0.244 e. The van der Waals surface area contributed by atoms with Gasteiger partial charge in [-0.05, 0) is 39.5 Å². The number of rotatable bonds is 5. The Morgan fingerprint density at radius 2 is 2.33 bits per heavy atom. The fourth-order valence-electron chi connectivity index (χ4n) is 0.660. The van der Waals surface area contributed by atoms with Gasteiger partial charge in [-0.25, -0.2) is 0 Å². The Balaban J connectivity index is 3.39. The number of ether oxygens (including phenoxy) is 1. The highest BCUT2D eigenvalue weighted by atomic mass is 127. The monoisotopic (exact) mass is 283 g/mol. The molecule has 0 aliphatic carbocycles. The van der Waals surface area contributed by atoms with Gasteiger partial charge in [0.2, 0.25) is 5.91 Å². The molecule has 0 radical (unpaired) electrons. The van der Waals surface area contributed by atoms with E-state index in [-0.39, 0.29) is 5.91 Å². The highest BCUT2D eigenvalue weighted by Crippen LogP contribution is 2.01. The predicted molar refractivity (Wildman–Crippen MR) is 57.3 cm³/mol. The van der Waals surface area contributed by atoms with Crippen molar-refractivity contribution in [1.82, 2.24) is 5.32 Å². The van der Waals surface area contributed by atoms with Crippen LogP contribution in [0.5, 0.6) is 0 Å². The first-order chi connectivity index (χ1) is 5.66. The van der Waals surface area contributed by atoms with Crippen LogP contribution in [0.1, 0.15) is 13.3 Å². The molecule has 0 aliphatic rings. The van der Waals surface area contributed by atoms with Crippen LogP contribution < -0.4 is 5.32 Å². The van der Waals surface area contributed by atoms with Crippen LogP contribution in [-0.4, -0.2) is 26.2 Å². The fraction of sp³-hybridized carbons (Fsp3) is 0.625. The Labute approximate surface area is 86.7 Å². The van der Waals surface area contributed by atoms with E-state index in [1.807, 2.05) is 6.92 Å². The van der Waals surface area contributed by atoms with Crippen molar-refractivity contribution in [2.75, 3.05) is 20.3 Å². The summed E-state index contributed by atoms with van der Waals surface area (Å²) in [6, 6.07) is 0. The fourth-order valence-corrected chi connectivity index (χ4v) is 0.943. The number of carbonyl (C=O) groups excluding carboxylic acids is 1. The van der Waals surface area contributed by atoms with Crippen LogP contribution in [0.2, 0.25) is 0 Å². The number of hydrogen-bond donors (Lipinski definition) is 1. The summed E-state index contributed by atoms with van der Waals surface area (Å²) in [7, 11) is 1.65. The molecule has 0 aromatic carbocycles. The van der Waals surface area contributed by atoms with E-state index >= 15 is 0 Å². The molecule has 0 saturated heterocycles. The summed E-state index contributed by atoms with van der Waals surface area (Å²) in [6.45, 7) is 3.25. The van der Waals surface area contributed by atoms with Gasteiger partial charge in [-0.2, -0.15) is 0 Å². The van der Waals surface area contributed by atoms with Crippen molar-refractivity contribution in [3.05, 3.63) is 9.66 Å². The minimum atomic E-state index is -0.0296. The zero-order chi connectivity index (χ0) is 9.40. The lowest BCUT2D eigenvalue weighted by Gasteiger charge is -2.00. The Morgan fingerprint density at radius 3 is 2.83 bits per heavy atom. The molecule has 0 aromatic heterocycles. The normalized spacial score (nSPS) is 11.4. The van der Waals surface area contributed by atoms with Crippen molar-refractivity contribution in [3.63, 3.8) is 0 Å². The van der Waals surface area contributed by atoms with Gasteiger partial charge < -0.3 is 10.1 Å². The zero-order valence-corrected chi connectivity index (χ0v) is 9.55. The summed E-state index contributed by atoms with van der Waals surface area (Å²) in [4.78, 5) is 11.0. The van der Waals surface area contributed by atoms with E-state index in [0.717, 1.165) is 10.0 Å². The van der Waals surface area contributed by atoms with Gasteiger partial charge in [0.25, 0.3) is 0 Å². The summed E-state index contributed by atoms with van der Waals surface area (Å²) >= 11 is 2.10. The summed E-state index contributed by atoms with van der Waals surface area (Å²) in [5.74, 6) is -0.0296. The Hall–Kier alpha value is -0.100. The molecule has 12 heavy (non-hydrogen) atoms. The number of amides is 1. The molecule has 4 heteroatoms. The number of nitrogens with one attached hydrogen (secondary N) is 1. The third kappa shape index (κ3) is 8.00. The average Bonchev–Trinajstić information content (AvgIpc) is 1.97. The molecular weight excluding hydrogens is 269 g/mol. The minimum absolute atomic E-state index is 0.0296. The van der Waals surface area contributed by atoms with Crippen LogP contribution in [0.4, 0.5) is 0 Å². The van der Waals surface area contributed by atoms with E-state index < -0.39 is 0 Å². The van der Waals surface area contributed by atoms with Crippen LogP contribution in [0, 0.1) is 0 Å². The van der Waals surface area contributed by atoms with Gasteiger partial charge in [0.05, 0.1) is 0 Å². The molecule has 0 rings (SSSR count). The molecule has 0 saturated carbocycles. The molecule has 0 heterocycles. The molecule has 0 fully saturated rings. The maximum absolute atomic E-state index is 11.0. The van der Waals surface area contributed by atoms with Crippen molar-refractivity contribution >= 4 is 28.5 Å². The molecule has 0 aliphatic heterocycles. The van der Waals surface area contributed by atoms with Crippen LogP contribution in [0.15, 0.2) is 9.66 Å². The Bertz CT molecular complexity index is 164. The molecular formula is C8H14INO2. The SMILES string of the molecule is COCCCNC(=O)/C=C(/C)I. The van der Waals surface area contributed by atoms with Gasteiger partial charge in [-0.1, -0.05) is 0 Å². The molecule has 0 atom stereocenters. The summed E-state index contributed by atoms with van der Waals surface area (Å²) in [6.07, 6.45) is 2.43. The van der Waals surface area contributed by atoms with Crippen molar-refractivity contribution in [2.24, 2.45) is 0 Å². The number of halogens is 1. The van der Waals surface area contributed by atoms with E-state index in [2.05, 4.69) is 27.9 Å². The highest BCUT2D eigenvalue weighted by Gasteiger charge is 1.94. The maximum atomic E-state index is 11.0. The average molecular weight is 283 g/mol. The molecule has 0 bridgehead atoms. The van der Waals surface area contributed by atoms with Crippen molar-refractivity contribution in [3.8, 4) is 0 Å². The first kappa shape index (κ1) is 11.9. The second-order valence-electron chi connectivity index (χ2n) is 2.37. The molecule has 3 nitrogen and oxygen atoms in total. The first-order valence-corrected chi connectivity index (χ1v) is 4.85. The summed E-state index contributed by atoms with van der Waals surface area (Å²) in [5.41, 5.74) is 0. The van der Waals surface area contributed by atoms with Crippen LogP contribution in [0.3, 0.4) is 0 Å². The number of allylic oxidation sites excluding steroid dienone is 1. The van der Waals surface area contributed by atoms with Crippen molar-refractivity contribution in [2.45, 2.75) is 13.3 Å². The van der Waals surface area contributed by atoms with Crippen LogP contribution >= 0.6 is 22.6 Å². The number of hydrogen-bond acceptors (Lipinski definition) is 2. The van der Waals surface area contributed by atoms with E-state index in [1.54, 1.807) is 13.2 Å². The van der Waals surface area contributed by atoms with E-state index in [4.69, 9.17) is 4.74 Å². The van der Waals surface area contributed by atoms with Gasteiger partial charge in [0.1, 0.15) is 0 Å². The lowest BCUT2D eigenvalue weighted by molar-refractivity contribution is -0.116. The van der Waals surface area contributed by atoms with Gasteiger partial charge in [0, 0.05) is 26.3 Å². The largest absolute Gasteiger partial charge is 0.385 e. The van der Waals surface area contributed by atoms with Crippen molar-refractivity contribution in [1.29, 1.82) is 0 Å². The lowest BCUT2D eigenvalue weighted by atomic mass is 10.4. The topological polar surface area (TPSA) is 38.3 Å². The standard InChI is InChI=1S/C8H14INO2/c1-7(9)6-8(11)10-4-3-5-12-2/h6H,3-5H2,1-2H3,(H,10,11)/b7-6-. The Morgan fingerprint density at radius 1 is 1.67 bits per heavy atom. The molecule has 1 amide bonds. The third-order valence-corrected chi connectivity index (χ3v) is 1.47. The molecule has 1 N–H and O–H groups in total. The molecule has 0 spiro atoms. The number of carbonyl (C=O) groups is 1. The van der Waals surface area contributed by atoms with Gasteiger partial charge in [0.15, 0.2) is 0 Å². The number of methoxy groups -OCH3 is 1. The predicted octanol–water partition coefficient (Wildman–Crippen LogP) is 1.48. The summed E-state index contributed by atoms with van der Waals surface area (Å²) < 4.78 is 5.82. The van der Waals surface area contributed by atoms with Gasteiger partial charge in [-0.15, -0.1) is 0 Å². The second-order valence-corrected chi connectivity index (χ2v) is 4.07. The Kier molecular flexibility index (Phi) is 7.48. The van der Waals surface area contributed by atoms with Crippen LogP contribution in [-0.2, 0) is 9.53 Å². The quantitative estimate of drug-likeness (QED) is 0.471. The molecule has 0 aromatic rings. The van der Waals surface area contributed by atoms with Gasteiger partial charge in [-0.3, -0.25) is 4.79 Å². The van der Waals surface area contributed by atoms with Crippen LogP contribution in [0.25, 0.3) is 0 Å². The van der Waals surface area contributed by atoms with E-state index in [1.165, 1.54) is 0 Å². The minimum Gasteiger partial charge on any atom is -0.385 e. The van der Waals surface area contributed by atoms with E-state index in [9.17, 15) is 4.79 Å². The van der Waals surface area contributed by atoms with Crippen molar-refractivity contribution < 1.29 is 9.53 Å². The molecule has 70 valence electrons. The lowest BCUT2D eigenvalue weighted by Crippen LogP contribution is -2.23. The maximum Gasteiger partial charge on any atom is 0.244 e. The highest BCUT2D eigenvalue weighted by molar-refractivity contribution is 14.1.